The van der Waals surface area contributed by atoms with Gasteiger partial charge in [0.1, 0.15) is 0 Å². The summed E-state index contributed by atoms with van der Waals surface area (Å²) in [4.78, 5) is 0. The van der Waals surface area contributed by atoms with Gasteiger partial charge in [-0.3, -0.25) is 11.3 Å². The van der Waals surface area contributed by atoms with Crippen molar-refractivity contribution >= 4 is 31.9 Å². The van der Waals surface area contributed by atoms with E-state index in [4.69, 9.17) is 5.84 Å². The highest BCUT2D eigenvalue weighted by Crippen LogP contribution is 2.27. The van der Waals surface area contributed by atoms with Crippen LogP contribution in [0.4, 0.5) is 0 Å². The number of rotatable bonds is 4. The first-order chi connectivity index (χ1) is 9.10. The molecule has 2 nitrogen and oxygen atoms in total. The molecule has 2 rings (SSSR count). The Balaban J connectivity index is 2.24. The normalized spacial score (nSPS) is 12.4. The minimum Gasteiger partial charge on any atom is -0.271 e. The zero-order chi connectivity index (χ0) is 13.8. The molecular formula is C15H16Br2N2. The third-order valence-corrected chi connectivity index (χ3v) is 4.33. The van der Waals surface area contributed by atoms with Crippen LogP contribution < -0.4 is 11.3 Å². The highest BCUT2D eigenvalue weighted by atomic mass is 79.9. The molecule has 4 heteroatoms. The third-order valence-electron chi connectivity index (χ3n) is 3.08. The maximum absolute atomic E-state index is 5.72. The monoisotopic (exact) mass is 382 g/mol. The van der Waals surface area contributed by atoms with Crippen molar-refractivity contribution in [3.05, 3.63) is 68.1 Å². The van der Waals surface area contributed by atoms with E-state index in [2.05, 4.69) is 74.5 Å². The molecule has 3 N–H and O–H groups in total. The molecule has 0 aromatic heterocycles. The molecule has 1 atom stereocenters. The molecule has 0 radical (unpaired) electrons. The van der Waals surface area contributed by atoms with Crippen LogP contribution in [0.5, 0.6) is 0 Å². The molecule has 19 heavy (non-hydrogen) atoms. The van der Waals surface area contributed by atoms with Gasteiger partial charge >= 0.3 is 0 Å². The van der Waals surface area contributed by atoms with Gasteiger partial charge in [-0.25, -0.2) is 0 Å². The van der Waals surface area contributed by atoms with Crippen LogP contribution in [0.3, 0.4) is 0 Å². The smallest absolute Gasteiger partial charge is 0.0511 e. The molecule has 1 unspecified atom stereocenters. The number of hydrazine groups is 1. The van der Waals surface area contributed by atoms with Gasteiger partial charge in [0, 0.05) is 8.95 Å². The molecule has 0 saturated carbocycles. The predicted octanol–water partition coefficient (Wildman–Crippen LogP) is 4.27. The van der Waals surface area contributed by atoms with Gasteiger partial charge in [0.2, 0.25) is 0 Å². The van der Waals surface area contributed by atoms with Crippen LogP contribution in [0.25, 0.3) is 0 Å². The summed E-state index contributed by atoms with van der Waals surface area (Å²) in [5, 5.41) is 0. The van der Waals surface area contributed by atoms with Crippen LogP contribution >= 0.6 is 31.9 Å². The first kappa shape index (κ1) is 14.7. The molecular weight excluding hydrogens is 368 g/mol. The summed E-state index contributed by atoms with van der Waals surface area (Å²) in [7, 11) is 0. The fraction of sp³-hybridized carbons (Fsp3) is 0.200. The largest absolute Gasteiger partial charge is 0.271 e. The lowest BCUT2D eigenvalue weighted by atomic mass is 9.98. The van der Waals surface area contributed by atoms with Crippen molar-refractivity contribution in [2.75, 3.05) is 0 Å². The van der Waals surface area contributed by atoms with Crippen molar-refractivity contribution in [3.8, 4) is 0 Å². The first-order valence-corrected chi connectivity index (χ1v) is 7.65. The summed E-state index contributed by atoms with van der Waals surface area (Å²) >= 11 is 7.04. The molecule has 0 aliphatic heterocycles. The van der Waals surface area contributed by atoms with E-state index in [0.717, 1.165) is 15.4 Å². The number of hydrogen-bond donors (Lipinski definition) is 2. The molecule has 0 amide bonds. The van der Waals surface area contributed by atoms with E-state index in [9.17, 15) is 0 Å². The van der Waals surface area contributed by atoms with Crippen LogP contribution in [0.15, 0.2) is 51.4 Å². The lowest BCUT2D eigenvalue weighted by Crippen LogP contribution is -2.29. The number of nitrogens with one attached hydrogen (secondary N) is 1. The highest BCUT2D eigenvalue weighted by Gasteiger charge is 2.14. The van der Waals surface area contributed by atoms with E-state index in [0.29, 0.717) is 0 Å². The van der Waals surface area contributed by atoms with E-state index in [1.807, 2.05) is 12.1 Å². The van der Waals surface area contributed by atoms with Gasteiger partial charge in [0.05, 0.1) is 6.04 Å². The first-order valence-electron chi connectivity index (χ1n) is 6.07. The Morgan fingerprint density at radius 1 is 1.11 bits per heavy atom. The fourth-order valence-electron chi connectivity index (χ4n) is 2.05. The average molecular weight is 384 g/mol. The summed E-state index contributed by atoms with van der Waals surface area (Å²) in [6.07, 6.45) is 0.853. The molecule has 0 bridgehead atoms. The van der Waals surface area contributed by atoms with Gasteiger partial charge in [-0.2, -0.15) is 0 Å². The SMILES string of the molecule is Cc1ccc(Br)c(C(Cc2ccc(Br)cc2)NN)c1. The van der Waals surface area contributed by atoms with Gasteiger partial charge in [-0.1, -0.05) is 61.7 Å². The second-order valence-electron chi connectivity index (χ2n) is 4.57. The zero-order valence-corrected chi connectivity index (χ0v) is 13.8. The van der Waals surface area contributed by atoms with Crippen LogP contribution in [0, 0.1) is 6.92 Å². The van der Waals surface area contributed by atoms with E-state index in [-0.39, 0.29) is 6.04 Å². The number of halogens is 2. The van der Waals surface area contributed by atoms with Crippen LogP contribution in [0.2, 0.25) is 0 Å². The van der Waals surface area contributed by atoms with Gasteiger partial charge in [-0.05, 0) is 42.7 Å². The Bertz CT molecular complexity index is 553. The Morgan fingerprint density at radius 2 is 1.79 bits per heavy atom. The molecule has 0 heterocycles. The van der Waals surface area contributed by atoms with Crippen molar-refractivity contribution in [3.63, 3.8) is 0 Å². The number of nitrogens with two attached hydrogens (primary N) is 1. The second kappa shape index (κ2) is 6.66. The van der Waals surface area contributed by atoms with E-state index < -0.39 is 0 Å². The lowest BCUT2D eigenvalue weighted by Gasteiger charge is -2.18. The molecule has 2 aromatic rings. The average Bonchev–Trinajstić information content (AvgIpc) is 2.41. The van der Waals surface area contributed by atoms with Crippen LogP contribution in [0.1, 0.15) is 22.7 Å². The summed E-state index contributed by atoms with van der Waals surface area (Å²) in [6, 6.07) is 14.7. The highest BCUT2D eigenvalue weighted by molar-refractivity contribution is 9.10. The predicted molar refractivity (Wildman–Crippen MR) is 86.8 cm³/mol. The Morgan fingerprint density at radius 3 is 2.42 bits per heavy atom. The standard InChI is InChI=1S/C15H16Br2N2/c1-10-2-7-14(17)13(8-10)15(19-18)9-11-3-5-12(16)6-4-11/h2-8,15,19H,9,18H2,1H3. The Hall–Kier alpha value is -0.680. The molecule has 0 saturated heterocycles. The lowest BCUT2D eigenvalue weighted by molar-refractivity contribution is 0.549. The van der Waals surface area contributed by atoms with Crippen LogP contribution in [-0.4, -0.2) is 0 Å². The van der Waals surface area contributed by atoms with E-state index >= 15 is 0 Å². The third kappa shape index (κ3) is 3.89. The summed E-state index contributed by atoms with van der Waals surface area (Å²) in [6.45, 7) is 2.09. The molecule has 0 aliphatic carbocycles. The topological polar surface area (TPSA) is 38.0 Å². The second-order valence-corrected chi connectivity index (χ2v) is 6.34. The summed E-state index contributed by atoms with van der Waals surface area (Å²) in [5.41, 5.74) is 6.57. The fourth-order valence-corrected chi connectivity index (χ4v) is 2.83. The van der Waals surface area contributed by atoms with Crippen molar-refractivity contribution in [2.45, 2.75) is 19.4 Å². The number of hydrogen-bond acceptors (Lipinski definition) is 2. The van der Waals surface area contributed by atoms with Gasteiger partial charge in [-0.15, -0.1) is 0 Å². The maximum Gasteiger partial charge on any atom is 0.0511 e. The van der Waals surface area contributed by atoms with Gasteiger partial charge < -0.3 is 0 Å². The summed E-state index contributed by atoms with van der Waals surface area (Å²) < 4.78 is 2.17. The number of aryl methyl sites for hydroxylation is 1. The van der Waals surface area contributed by atoms with Crippen molar-refractivity contribution in [2.24, 2.45) is 5.84 Å². The van der Waals surface area contributed by atoms with Crippen molar-refractivity contribution in [1.29, 1.82) is 0 Å². The molecule has 0 aliphatic rings. The van der Waals surface area contributed by atoms with Gasteiger partial charge in [0.25, 0.3) is 0 Å². The van der Waals surface area contributed by atoms with Crippen molar-refractivity contribution < 1.29 is 0 Å². The van der Waals surface area contributed by atoms with Gasteiger partial charge in [0.15, 0.2) is 0 Å². The molecule has 0 fully saturated rings. The Labute approximate surface area is 130 Å². The van der Waals surface area contributed by atoms with Crippen LogP contribution in [-0.2, 0) is 6.42 Å². The molecule has 0 spiro atoms. The maximum atomic E-state index is 5.72. The molecule has 100 valence electrons. The Kier molecular flexibility index (Phi) is 5.16. The minimum atomic E-state index is 0.0930. The molecule has 2 aromatic carbocycles. The van der Waals surface area contributed by atoms with E-state index in [1.165, 1.54) is 16.7 Å². The number of benzene rings is 2. The summed E-state index contributed by atoms with van der Waals surface area (Å²) in [5.74, 6) is 5.72. The zero-order valence-electron chi connectivity index (χ0n) is 10.7. The quantitative estimate of drug-likeness (QED) is 0.611. The minimum absolute atomic E-state index is 0.0930. The van der Waals surface area contributed by atoms with E-state index in [1.54, 1.807) is 0 Å². The van der Waals surface area contributed by atoms with Crippen molar-refractivity contribution in [1.82, 2.24) is 5.43 Å².